The molecular formula is C12H18N2O2S. The van der Waals surface area contributed by atoms with Crippen molar-refractivity contribution in [1.82, 2.24) is 0 Å². The van der Waals surface area contributed by atoms with E-state index in [2.05, 4.69) is 0 Å². The van der Waals surface area contributed by atoms with Crippen molar-refractivity contribution in [3.05, 3.63) is 35.9 Å². The van der Waals surface area contributed by atoms with Crippen LogP contribution in [0.4, 0.5) is 0 Å². The second kappa shape index (κ2) is 6.64. The molecule has 0 heterocycles. The monoisotopic (exact) mass is 254 g/mol. The molecule has 0 spiro atoms. The number of carbonyl (C=O) groups is 1. The van der Waals surface area contributed by atoms with Gasteiger partial charge in [0.15, 0.2) is 0 Å². The minimum absolute atomic E-state index is 0.454. The largest absolute Gasteiger partial charge is 0.384 e. The molecule has 1 amide bonds. The van der Waals surface area contributed by atoms with Gasteiger partial charge in [0.2, 0.25) is 5.91 Å². The molecule has 4 N–H and O–H groups in total. The highest BCUT2D eigenvalue weighted by molar-refractivity contribution is 7.99. The maximum Gasteiger partial charge on any atom is 0.242 e. The van der Waals surface area contributed by atoms with E-state index in [0.29, 0.717) is 12.4 Å². The predicted molar refractivity (Wildman–Crippen MR) is 70.7 cm³/mol. The Morgan fingerprint density at radius 2 is 2.06 bits per heavy atom. The van der Waals surface area contributed by atoms with Crippen molar-refractivity contribution in [2.45, 2.75) is 5.54 Å². The number of carbonyl (C=O) groups excluding carboxylic acids is 1. The summed E-state index contributed by atoms with van der Waals surface area (Å²) in [5, 5.41) is 0. The Labute approximate surface area is 106 Å². The number of hydrogen-bond donors (Lipinski definition) is 2. The van der Waals surface area contributed by atoms with Crippen LogP contribution in [0.15, 0.2) is 30.3 Å². The Kier molecular flexibility index (Phi) is 5.47. The third kappa shape index (κ3) is 3.73. The fourth-order valence-corrected chi connectivity index (χ4v) is 2.47. The molecule has 1 aromatic carbocycles. The van der Waals surface area contributed by atoms with Crippen LogP contribution in [-0.4, -0.2) is 31.1 Å². The summed E-state index contributed by atoms with van der Waals surface area (Å²) in [7, 11) is 1.64. The molecule has 0 radical (unpaired) electrons. The van der Waals surface area contributed by atoms with Crippen LogP contribution in [0, 0.1) is 0 Å². The first kappa shape index (κ1) is 14.0. The average molecular weight is 254 g/mol. The van der Waals surface area contributed by atoms with Crippen LogP contribution in [0.2, 0.25) is 0 Å². The molecule has 17 heavy (non-hydrogen) atoms. The van der Waals surface area contributed by atoms with E-state index in [1.54, 1.807) is 18.9 Å². The lowest BCUT2D eigenvalue weighted by Crippen LogP contribution is -2.51. The fourth-order valence-electron chi connectivity index (χ4n) is 1.41. The van der Waals surface area contributed by atoms with Crippen molar-refractivity contribution in [2.24, 2.45) is 11.5 Å². The summed E-state index contributed by atoms with van der Waals surface area (Å²) in [6.45, 7) is 0.633. The molecule has 0 aliphatic carbocycles. The SMILES string of the molecule is COCCSCC(N)(C(N)=O)c1ccccc1. The lowest BCUT2D eigenvalue weighted by Gasteiger charge is -2.26. The molecule has 0 saturated heterocycles. The van der Waals surface area contributed by atoms with Gasteiger partial charge >= 0.3 is 0 Å². The van der Waals surface area contributed by atoms with Crippen LogP contribution >= 0.6 is 11.8 Å². The summed E-state index contributed by atoms with van der Waals surface area (Å²) in [5.74, 6) is 0.735. The minimum atomic E-state index is -1.11. The van der Waals surface area contributed by atoms with Gasteiger partial charge in [-0.2, -0.15) is 11.8 Å². The van der Waals surface area contributed by atoms with Gasteiger partial charge in [0.25, 0.3) is 0 Å². The first-order chi connectivity index (χ1) is 8.11. The number of hydrogen-bond acceptors (Lipinski definition) is 4. The Morgan fingerprint density at radius 3 is 2.59 bits per heavy atom. The second-order valence-corrected chi connectivity index (χ2v) is 4.85. The van der Waals surface area contributed by atoms with E-state index in [1.165, 1.54) is 0 Å². The number of nitrogens with two attached hydrogens (primary N) is 2. The molecule has 1 atom stereocenters. The lowest BCUT2D eigenvalue weighted by atomic mass is 9.92. The summed E-state index contributed by atoms with van der Waals surface area (Å²) in [6, 6.07) is 9.21. The molecule has 4 nitrogen and oxygen atoms in total. The van der Waals surface area contributed by atoms with Crippen molar-refractivity contribution in [1.29, 1.82) is 0 Å². The predicted octanol–water partition coefficient (Wildman–Crippen LogP) is 0.706. The zero-order valence-corrected chi connectivity index (χ0v) is 10.7. The normalized spacial score (nSPS) is 14.2. The Morgan fingerprint density at radius 1 is 1.41 bits per heavy atom. The quantitative estimate of drug-likeness (QED) is 0.702. The lowest BCUT2D eigenvalue weighted by molar-refractivity contribution is -0.122. The Bertz CT molecular complexity index is 359. The van der Waals surface area contributed by atoms with Crippen molar-refractivity contribution in [3.8, 4) is 0 Å². The van der Waals surface area contributed by atoms with Gasteiger partial charge in [-0.15, -0.1) is 0 Å². The molecule has 94 valence electrons. The molecular weight excluding hydrogens is 236 g/mol. The van der Waals surface area contributed by atoms with Crippen LogP contribution in [-0.2, 0) is 15.1 Å². The number of methoxy groups -OCH3 is 1. The molecule has 0 aromatic heterocycles. The first-order valence-electron chi connectivity index (χ1n) is 5.32. The highest BCUT2D eigenvalue weighted by atomic mass is 32.2. The topological polar surface area (TPSA) is 78.3 Å². The highest BCUT2D eigenvalue weighted by Crippen LogP contribution is 2.22. The molecule has 0 aliphatic rings. The number of thioether (sulfide) groups is 1. The van der Waals surface area contributed by atoms with Gasteiger partial charge in [0.05, 0.1) is 6.61 Å². The van der Waals surface area contributed by atoms with Gasteiger partial charge in [-0.1, -0.05) is 30.3 Å². The highest BCUT2D eigenvalue weighted by Gasteiger charge is 2.33. The molecule has 0 saturated carbocycles. The molecule has 0 bridgehead atoms. The summed E-state index contributed by atoms with van der Waals surface area (Å²) in [6.07, 6.45) is 0. The number of ether oxygens (including phenoxy) is 1. The Hall–Kier alpha value is -1.04. The van der Waals surface area contributed by atoms with Crippen LogP contribution in [0.3, 0.4) is 0 Å². The number of amides is 1. The van der Waals surface area contributed by atoms with Gasteiger partial charge < -0.3 is 16.2 Å². The van der Waals surface area contributed by atoms with E-state index < -0.39 is 11.4 Å². The molecule has 1 aromatic rings. The summed E-state index contributed by atoms with van der Waals surface area (Å²) < 4.78 is 4.94. The maximum absolute atomic E-state index is 11.5. The number of benzene rings is 1. The first-order valence-corrected chi connectivity index (χ1v) is 6.47. The van der Waals surface area contributed by atoms with Gasteiger partial charge in [-0.25, -0.2) is 0 Å². The maximum atomic E-state index is 11.5. The molecule has 0 fully saturated rings. The molecule has 1 unspecified atom stereocenters. The van der Waals surface area contributed by atoms with Crippen LogP contribution < -0.4 is 11.5 Å². The number of rotatable bonds is 7. The molecule has 0 aliphatic heterocycles. The van der Waals surface area contributed by atoms with Crippen molar-refractivity contribution >= 4 is 17.7 Å². The zero-order chi connectivity index (χ0) is 12.7. The van der Waals surface area contributed by atoms with Gasteiger partial charge in [-0.05, 0) is 5.56 Å². The number of primary amides is 1. The van der Waals surface area contributed by atoms with E-state index in [-0.39, 0.29) is 0 Å². The van der Waals surface area contributed by atoms with E-state index in [0.717, 1.165) is 11.3 Å². The van der Waals surface area contributed by atoms with Crippen LogP contribution in [0.1, 0.15) is 5.56 Å². The fraction of sp³-hybridized carbons (Fsp3) is 0.417. The summed E-state index contributed by atoms with van der Waals surface area (Å²) >= 11 is 1.56. The third-order valence-electron chi connectivity index (χ3n) is 2.49. The average Bonchev–Trinajstić information content (AvgIpc) is 2.35. The van der Waals surface area contributed by atoms with E-state index >= 15 is 0 Å². The van der Waals surface area contributed by atoms with E-state index in [1.807, 2.05) is 30.3 Å². The van der Waals surface area contributed by atoms with Crippen molar-refractivity contribution < 1.29 is 9.53 Å². The molecule has 1 rings (SSSR count). The van der Waals surface area contributed by atoms with E-state index in [9.17, 15) is 4.79 Å². The van der Waals surface area contributed by atoms with Crippen molar-refractivity contribution in [2.75, 3.05) is 25.2 Å². The van der Waals surface area contributed by atoms with Gasteiger partial charge in [0.1, 0.15) is 5.54 Å². The van der Waals surface area contributed by atoms with Crippen LogP contribution in [0.5, 0.6) is 0 Å². The summed E-state index contributed by atoms with van der Waals surface area (Å²) in [5.41, 5.74) is 11.2. The third-order valence-corrected chi connectivity index (χ3v) is 3.60. The van der Waals surface area contributed by atoms with E-state index in [4.69, 9.17) is 16.2 Å². The molecule has 5 heteroatoms. The zero-order valence-electron chi connectivity index (χ0n) is 9.89. The van der Waals surface area contributed by atoms with Gasteiger partial charge in [-0.3, -0.25) is 4.79 Å². The van der Waals surface area contributed by atoms with Crippen molar-refractivity contribution in [3.63, 3.8) is 0 Å². The van der Waals surface area contributed by atoms with Crippen LogP contribution in [0.25, 0.3) is 0 Å². The smallest absolute Gasteiger partial charge is 0.242 e. The van der Waals surface area contributed by atoms with Gasteiger partial charge in [0, 0.05) is 18.6 Å². The Balaban J connectivity index is 2.73. The minimum Gasteiger partial charge on any atom is -0.384 e. The second-order valence-electron chi connectivity index (χ2n) is 3.75. The summed E-state index contributed by atoms with van der Waals surface area (Å²) in [4.78, 5) is 11.5. The standard InChI is InChI=1S/C12H18N2O2S/c1-16-7-8-17-9-12(14,11(13)15)10-5-3-2-4-6-10/h2-6H,7-9,14H2,1H3,(H2,13,15).